The predicted octanol–water partition coefficient (Wildman–Crippen LogP) is 7.79. The number of hydrogen-bond acceptors (Lipinski definition) is 9. The lowest BCUT2D eigenvalue weighted by molar-refractivity contribution is -0.125. The molecule has 2 heterocycles. The summed E-state index contributed by atoms with van der Waals surface area (Å²) in [5.74, 6) is -7.26. The summed E-state index contributed by atoms with van der Waals surface area (Å²) in [6, 6.07) is 23.4. The quantitative estimate of drug-likeness (QED) is 0.0877. The maximum Gasteiger partial charge on any atom is 0.258 e. The van der Waals surface area contributed by atoms with E-state index in [9.17, 15) is 28.7 Å². The number of hydrogen-bond donors (Lipinski definition) is 1. The molecule has 0 radical (unpaired) electrons. The van der Waals surface area contributed by atoms with Gasteiger partial charge in [-0.3, -0.25) is 24.1 Å². The summed E-state index contributed by atoms with van der Waals surface area (Å²) in [5.41, 5.74) is 3.14. The number of carbonyl (C=O) groups excluding carboxylic acids is 4. The van der Waals surface area contributed by atoms with Gasteiger partial charge in [-0.15, -0.1) is 23.2 Å². The number of aromatic hydroxyl groups is 1. The molecule has 2 aliphatic carbocycles. The summed E-state index contributed by atoms with van der Waals surface area (Å²) in [6.45, 7) is 0. The van der Waals surface area contributed by atoms with E-state index in [1.54, 1.807) is 42.5 Å². The number of methoxy groups -OCH3 is 1. The van der Waals surface area contributed by atoms with Gasteiger partial charge in [0, 0.05) is 31.3 Å². The first-order chi connectivity index (χ1) is 26.3. The number of anilines is 3. The smallest absolute Gasteiger partial charge is 0.258 e. The summed E-state index contributed by atoms with van der Waals surface area (Å²) in [6.07, 6.45) is 1.61. The molecule has 1 saturated carbocycles. The van der Waals surface area contributed by atoms with Crippen molar-refractivity contribution in [3.05, 3.63) is 114 Å². The Morgan fingerprint density at radius 2 is 1.40 bits per heavy atom. The average molecular weight is 783 g/mol. The largest absolute Gasteiger partial charge is 0.508 e. The number of fused-ring (bicyclic) bond motifs is 4. The van der Waals surface area contributed by atoms with Gasteiger partial charge in [0.15, 0.2) is 9.75 Å². The topological polar surface area (TPSA) is 132 Å². The Labute approximate surface area is 325 Å². The third-order valence-corrected chi connectivity index (χ3v) is 12.6. The number of imide groups is 2. The van der Waals surface area contributed by atoms with E-state index < -0.39 is 62.9 Å². The molecule has 8 rings (SSSR count). The molecule has 2 saturated heterocycles. The van der Waals surface area contributed by atoms with Gasteiger partial charge in [-0.05, 0) is 104 Å². The molecule has 11 nitrogen and oxygen atoms in total. The van der Waals surface area contributed by atoms with Crippen LogP contribution < -0.4 is 19.4 Å². The highest BCUT2D eigenvalue weighted by Gasteiger charge is 2.77. The molecule has 0 bridgehead atoms. The molecule has 14 heteroatoms. The van der Waals surface area contributed by atoms with Gasteiger partial charge >= 0.3 is 0 Å². The molecule has 280 valence electrons. The van der Waals surface area contributed by atoms with Crippen LogP contribution in [-0.4, -0.2) is 59.7 Å². The molecule has 55 heavy (non-hydrogen) atoms. The first-order valence-corrected chi connectivity index (χ1v) is 18.3. The normalized spacial score (nSPS) is 27.3. The number of alkyl halides is 2. The maximum absolute atomic E-state index is 14.6. The molecule has 4 aromatic carbocycles. The Bertz CT molecular complexity index is 2320. The van der Waals surface area contributed by atoms with Crippen LogP contribution in [0.3, 0.4) is 0 Å². The second-order valence-corrected chi connectivity index (χ2v) is 15.5. The molecule has 0 spiro atoms. The van der Waals surface area contributed by atoms with Gasteiger partial charge in [0.2, 0.25) is 11.8 Å². The van der Waals surface area contributed by atoms with Crippen molar-refractivity contribution in [3.63, 3.8) is 0 Å². The monoisotopic (exact) mass is 781 g/mol. The minimum Gasteiger partial charge on any atom is -0.508 e. The van der Waals surface area contributed by atoms with Crippen molar-refractivity contribution in [2.75, 3.05) is 35.9 Å². The van der Waals surface area contributed by atoms with Crippen molar-refractivity contribution in [1.29, 1.82) is 0 Å². The Morgan fingerprint density at radius 3 is 2.02 bits per heavy atom. The summed E-state index contributed by atoms with van der Waals surface area (Å²) in [4.78, 5) is 57.3. The fraction of sp³-hybridized carbons (Fsp3) is 0.268. The summed E-state index contributed by atoms with van der Waals surface area (Å²) in [7, 11) is 5.27. The molecule has 4 amide bonds. The zero-order chi connectivity index (χ0) is 39.0. The van der Waals surface area contributed by atoms with E-state index in [0.717, 1.165) is 27.6 Å². The van der Waals surface area contributed by atoms with Crippen LogP contribution in [0.2, 0.25) is 0 Å². The molecule has 4 aliphatic rings. The molecule has 0 aromatic heterocycles. The van der Waals surface area contributed by atoms with Gasteiger partial charge in [0.05, 0.1) is 41.7 Å². The second-order valence-electron chi connectivity index (χ2n) is 14.3. The van der Waals surface area contributed by atoms with E-state index in [-0.39, 0.29) is 35.6 Å². The van der Waals surface area contributed by atoms with Crippen molar-refractivity contribution in [2.24, 2.45) is 28.0 Å². The molecule has 6 unspecified atom stereocenters. The molecule has 6 atom stereocenters. The summed E-state index contributed by atoms with van der Waals surface area (Å²) >= 11 is 14.9. The van der Waals surface area contributed by atoms with E-state index in [4.69, 9.17) is 27.9 Å². The van der Waals surface area contributed by atoms with Gasteiger partial charge in [-0.1, -0.05) is 17.7 Å². The third kappa shape index (κ3) is 5.44. The lowest BCUT2D eigenvalue weighted by Crippen LogP contribution is -2.60. The molecular weight excluding hydrogens is 748 g/mol. The van der Waals surface area contributed by atoms with Crippen LogP contribution in [0.1, 0.15) is 24.3 Å². The Kier molecular flexibility index (Phi) is 8.81. The second kappa shape index (κ2) is 13.3. The highest BCUT2D eigenvalue weighted by atomic mass is 35.5. The van der Waals surface area contributed by atoms with Crippen LogP contribution in [0.15, 0.2) is 113 Å². The summed E-state index contributed by atoms with van der Waals surface area (Å²) in [5, 5.41) is 20.0. The number of benzene rings is 4. The van der Waals surface area contributed by atoms with Crippen molar-refractivity contribution < 1.29 is 33.4 Å². The van der Waals surface area contributed by atoms with Crippen LogP contribution >= 0.6 is 23.2 Å². The van der Waals surface area contributed by atoms with E-state index >= 15 is 0 Å². The van der Waals surface area contributed by atoms with E-state index in [0.29, 0.717) is 22.6 Å². The summed E-state index contributed by atoms with van der Waals surface area (Å²) < 4.78 is 19.6. The van der Waals surface area contributed by atoms with Crippen LogP contribution in [0.25, 0.3) is 0 Å². The minimum absolute atomic E-state index is 0.0483. The number of azo groups is 1. The number of allylic oxidation sites excluding steroid dienone is 2. The Morgan fingerprint density at radius 1 is 0.800 bits per heavy atom. The van der Waals surface area contributed by atoms with Crippen LogP contribution in [-0.2, 0) is 19.2 Å². The number of carbonyl (C=O) groups is 4. The number of phenols is 1. The van der Waals surface area contributed by atoms with Crippen molar-refractivity contribution in [1.82, 2.24) is 0 Å². The minimum atomic E-state index is -2.23. The molecule has 1 N–H and O–H groups in total. The highest BCUT2D eigenvalue weighted by Crippen LogP contribution is 2.67. The van der Waals surface area contributed by atoms with E-state index in [1.807, 2.05) is 43.3 Å². The van der Waals surface area contributed by atoms with Crippen LogP contribution in [0, 0.1) is 23.6 Å². The van der Waals surface area contributed by atoms with Crippen LogP contribution in [0.4, 0.5) is 32.8 Å². The zero-order valence-electron chi connectivity index (χ0n) is 29.8. The maximum atomic E-state index is 14.6. The molecule has 2 aliphatic heterocycles. The SMILES string of the molecule is COc1cccc(O)c1C1C2=CCC3C(=O)N(c4ccc(N=Nc5ccc(N(C)C)cc5)cc4)C(=O)C3C2CC2(Cl)C(=O)N(c3ccc(F)cc3)C(=O)C12Cl. The molecule has 3 fully saturated rings. The highest BCUT2D eigenvalue weighted by molar-refractivity contribution is 6.58. The van der Waals surface area contributed by atoms with Crippen molar-refractivity contribution >= 4 is 75.3 Å². The number of phenolic OH excluding ortho intramolecular Hbond substituents is 1. The fourth-order valence-corrected chi connectivity index (χ4v) is 9.49. The number of halogens is 3. The van der Waals surface area contributed by atoms with Crippen LogP contribution in [0.5, 0.6) is 11.5 Å². The molecular formula is C41H34Cl2FN5O6. The fourth-order valence-electron chi connectivity index (χ4n) is 8.57. The number of nitrogens with zero attached hydrogens (tertiary/aromatic N) is 5. The van der Waals surface area contributed by atoms with Gasteiger partial charge in [-0.2, -0.15) is 10.2 Å². The van der Waals surface area contributed by atoms with E-state index in [2.05, 4.69) is 10.2 Å². The first kappa shape index (κ1) is 36.4. The Hall–Kier alpha value is -5.59. The first-order valence-electron chi connectivity index (χ1n) is 17.6. The lowest BCUT2D eigenvalue weighted by Gasteiger charge is -2.50. The molecule has 4 aromatic rings. The number of amides is 4. The number of ether oxygens (including phenoxy) is 1. The number of rotatable bonds is 7. The van der Waals surface area contributed by atoms with Gasteiger partial charge in [0.25, 0.3) is 11.8 Å². The van der Waals surface area contributed by atoms with Crippen molar-refractivity contribution in [2.45, 2.75) is 28.5 Å². The van der Waals surface area contributed by atoms with Crippen molar-refractivity contribution in [3.8, 4) is 11.5 Å². The third-order valence-electron chi connectivity index (χ3n) is 11.2. The van der Waals surface area contributed by atoms with Gasteiger partial charge < -0.3 is 14.7 Å². The zero-order valence-corrected chi connectivity index (χ0v) is 31.3. The predicted molar refractivity (Wildman–Crippen MR) is 205 cm³/mol. The lowest BCUT2D eigenvalue weighted by atomic mass is 9.56. The Balaban J connectivity index is 1.17. The van der Waals surface area contributed by atoms with E-state index in [1.165, 1.54) is 25.3 Å². The van der Waals surface area contributed by atoms with Gasteiger partial charge in [0.1, 0.15) is 17.3 Å². The average Bonchev–Trinajstić information content (AvgIpc) is 3.52. The van der Waals surface area contributed by atoms with Gasteiger partial charge in [-0.25, -0.2) is 9.29 Å². The standard InChI is InChI=1S/C41H34Cl2FN5O6/c1-47(2)25-15-9-23(10-16-25)45-46-24-11-17-26(18-12-24)48-36(51)29-20-19-28-30(33(29)37(48)52)21-40(42)38(53)49(27-13-7-22(44)8-14-27)39(54)41(40,43)35(28)34-31(50)5-4-6-32(34)55-3/h4-19,29-30,33,35,50H,20-21H2,1-3H3.